The van der Waals surface area contributed by atoms with Crippen LogP contribution < -0.4 is 9.62 Å². The first-order valence-electron chi connectivity index (χ1n) is 8.42. The topological polar surface area (TPSA) is 66.5 Å². The molecular formula is C19H22N2O3S. The lowest BCUT2D eigenvalue weighted by atomic mass is 10.1. The standard InChI is InChI=1S/C19H22N2O3S/c1-3-21(16-7-5-4-6-8-16)19(22)18-13-17(12-9-14(18)2)25(23,24)20-15-10-11-15/h4-9,12-13,15,20H,3,10-11H2,1-2H3. The third kappa shape index (κ3) is 3.91. The fraction of sp³-hybridized carbons (Fsp3) is 0.316. The first-order chi connectivity index (χ1) is 11.9. The minimum absolute atomic E-state index is 0.0295. The summed E-state index contributed by atoms with van der Waals surface area (Å²) in [6.45, 7) is 4.21. The SMILES string of the molecule is CCN(C(=O)c1cc(S(=O)(=O)NC2CC2)ccc1C)c1ccccc1. The number of amides is 1. The number of aryl methyl sites for hydroxylation is 1. The highest BCUT2D eigenvalue weighted by Crippen LogP contribution is 2.24. The molecule has 2 aromatic rings. The molecule has 3 rings (SSSR count). The van der Waals surface area contributed by atoms with Gasteiger partial charge < -0.3 is 4.90 Å². The molecule has 2 aromatic carbocycles. The highest BCUT2D eigenvalue weighted by atomic mass is 32.2. The second-order valence-electron chi connectivity index (χ2n) is 6.26. The van der Waals surface area contributed by atoms with Crippen LogP contribution in [0.1, 0.15) is 35.7 Å². The van der Waals surface area contributed by atoms with Crippen molar-refractivity contribution < 1.29 is 13.2 Å². The molecule has 1 saturated carbocycles. The lowest BCUT2D eigenvalue weighted by Gasteiger charge is -2.22. The highest BCUT2D eigenvalue weighted by Gasteiger charge is 2.29. The van der Waals surface area contributed by atoms with E-state index in [-0.39, 0.29) is 16.8 Å². The molecule has 5 nitrogen and oxygen atoms in total. The van der Waals surface area contributed by atoms with Crippen LogP contribution in [0.5, 0.6) is 0 Å². The van der Waals surface area contributed by atoms with Crippen molar-refractivity contribution in [2.75, 3.05) is 11.4 Å². The van der Waals surface area contributed by atoms with Gasteiger partial charge in [0, 0.05) is 23.8 Å². The van der Waals surface area contributed by atoms with Gasteiger partial charge in [0.1, 0.15) is 0 Å². The van der Waals surface area contributed by atoms with Gasteiger partial charge in [0.2, 0.25) is 10.0 Å². The number of carbonyl (C=O) groups excluding carboxylic acids is 1. The molecule has 132 valence electrons. The second kappa shape index (κ2) is 6.98. The highest BCUT2D eigenvalue weighted by molar-refractivity contribution is 7.89. The monoisotopic (exact) mass is 358 g/mol. The Balaban J connectivity index is 1.95. The molecule has 0 unspecified atom stereocenters. The number of hydrogen-bond donors (Lipinski definition) is 1. The molecule has 1 aliphatic rings. The van der Waals surface area contributed by atoms with Gasteiger partial charge in [0.15, 0.2) is 0 Å². The third-order valence-corrected chi connectivity index (χ3v) is 5.80. The zero-order valence-corrected chi connectivity index (χ0v) is 15.2. The lowest BCUT2D eigenvalue weighted by molar-refractivity contribution is 0.0987. The number of nitrogens with one attached hydrogen (secondary N) is 1. The Morgan fingerprint density at radius 3 is 2.44 bits per heavy atom. The molecule has 0 heterocycles. The van der Waals surface area contributed by atoms with Gasteiger partial charge in [-0.2, -0.15) is 0 Å². The second-order valence-corrected chi connectivity index (χ2v) is 7.97. The van der Waals surface area contributed by atoms with Crippen molar-refractivity contribution in [2.45, 2.75) is 37.6 Å². The van der Waals surface area contributed by atoms with Crippen molar-refractivity contribution in [2.24, 2.45) is 0 Å². The van der Waals surface area contributed by atoms with E-state index >= 15 is 0 Å². The molecule has 0 radical (unpaired) electrons. The van der Waals surface area contributed by atoms with Crippen LogP contribution in [0.3, 0.4) is 0 Å². The van der Waals surface area contributed by atoms with Gasteiger partial charge in [0.25, 0.3) is 5.91 Å². The number of rotatable bonds is 6. The number of carbonyl (C=O) groups is 1. The van der Waals surface area contributed by atoms with Crippen LogP contribution in [0.15, 0.2) is 53.4 Å². The maximum atomic E-state index is 13.0. The number of benzene rings is 2. The number of anilines is 1. The van der Waals surface area contributed by atoms with Crippen LogP contribution in [0.25, 0.3) is 0 Å². The van der Waals surface area contributed by atoms with Crippen LogP contribution in [-0.4, -0.2) is 26.9 Å². The number of nitrogens with zero attached hydrogens (tertiary/aromatic N) is 1. The summed E-state index contributed by atoms with van der Waals surface area (Å²) in [5.41, 5.74) is 1.95. The van der Waals surface area contributed by atoms with Crippen molar-refractivity contribution in [1.82, 2.24) is 4.72 Å². The van der Waals surface area contributed by atoms with E-state index in [0.717, 1.165) is 24.1 Å². The van der Waals surface area contributed by atoms with E-state index in [1.54, 1.807) is 17.0 Å². The summed E-state index contributed by atoms with van der Waals surface area (Å²) in [4.78, 5) is 14.8. The van der Waals surface area contributed by atoms with E-state index in [2.05, 4.69) is 4.72 Å². The summed E-state index contributed by atoms with van der Waals surface area (Å²) < 4.78 is 27.5. The van der Waals surface area contributed by atoms with E-state index in [4.69, 9.17) is 0 Å². The van der Waals surface area contributed by atoms with Crippen LogP contribution in [0, 0.1) is 6.92 Å². The molecule has 0 aromatic heterocycles. The first-order valence-corrected chi connectivity index (χ1v) is 9.90. The van der Waals surface area contributed by atoms with Crippen molar-refractivity contribution >= 4 is 21.6 Å². The maximum absolute atomic E-state index is 13.0. The fourth-order valence-corrected chi connectivity index (χ4v) is 4.01. The molecule has 0 spiro atoms. The van der Waals surface area contributed by atoms with Crippen molar-refractivity contribution in [3.8, 4) is 0 Å². The summed E-state index contributed by atoms with van der Waals surface area (Å²) >= 11 is 0. The van der Waals surface area contributed by atoms with Crippen LogP contribution >= 0.6 is 0 Å². The van der Waals surface area contributed by atoms with Gasteiger partial charge in [-0.3, -0.25) is 4.79 Å². The summed E-state index contributed by atoms with van der Waals surface area (Å²) in [6.07, 6.45) is 1.74. The summed E-state index contributed by atoms with van der Waals surface area (Å²) in [5, 5.41) is 0. The Morgan fingerprint density at radius 2 is 1.84 bits per heavy atom. The molecule has 1 amide bonds. The Morgan fingerprint density at radius 1 is 1.16 bits per heavy atom. The quantitative estimate of drug-likeness (QED) is 0.863. The molecule has 25 heavy (non-hydrogen) atoms. The Bertz CT molecular complexity index is 875. The lowest BCUT2D eigenvalue weighted by Crippen LogP contribution is -2.31. The Kier molecular flexibility index (Phi) is 4.92. The van der Waals surface area contributed by atoms with Gasteiger partial charge in [0.05, 0.1) is 4.90 Å². The summed E-state index contributed by atoms with van der Waals surface area (Å²) in [6, 6.07) is 14.1. The largest absolute Gasteiger partial charge is 0.309 e. The molecule has 0 saturated heterocycles. The third-order valence-electron chi connectivity index (χ3n) is 4.28. The zero-order valence-electron chi connectivity index (χ0n) is 14.4. The smallest absolute Gasteiger partial charge is 0.258 e. The predicted molar refractivity (Wildman–Crippen MR) is 98.3 cm³/mol. The normalized spacial score (nSPS) is 14.3. The van der Waals surface area contributed by atoms with Crippen LogP contribution in [0.4, 0.5) is 5.69 Å². The maximum Gasteiger partial charge on any atom is 0.258 e. The molecular weight excluding hydrogens is 336 g/mol. The fourth-order valence-electron chi connectivity index (χ4n) is 2.68. The van der Waals surface area contributed by atoms with Gasteiger partial charge in [-0.15, -0.1) is 0 Å². The Hall–Kier alpha value is -2.18. The van der Waals surface area contributed by atoms with Crippen LogP contribution in [0.2, 0.25) is 0 Å². The number of sulfonamides is 1. The van der Waals surface area contributed by atoms with Gasteiger partial charge in [-0.05, 0) is 56.5 Å². The van der Waals surface area contributed by atoms with Gasteiger partial charge >= 0.3 is 0 Å². The van der Waals surface area contributed by atoms with E-state index in [9.17, 15) is 13.2 Å². The molecule has 6 heteroatoms. The van der Waals surface area contributed by atoms with Gasteiger partial charge in [-0.25, -0.2) is 13.1 Å². The predicted octanol–water partition coefficient (Wildman–Crippen LogP) is 3.10. The van der Waals surface area contributed by atoms with Crippen molar-refractivity contribution in [1.29, 1.82) is 0 Å². The molecule has 1 aliphatic carbocycles. The van der Waals surface area contributed by atoms with Crippen LogP contribution in [-0.2, 0) is 10.0 Å². The van der Waals surface area contributed by atoms with Crippen molar-refractivity contribution in [3.05, 3.63) is 59.7 Å². The minimum Gasteiger partial charge on any atom is -0.309 e. The zero-order chi connectivity index (χ0) is 18.0. The molecule has 1 fully saturated rings. The number of para-hydroxylation sites is 1. The van der Waals surface area contributed by atoms with Crippen molar-refractivity contribution in [3.63, 3.8) is 0 Å². The average Bonchev–Trinajstić information content (AvgIpc) is 3.40. The number of hydrogen-bond acceptors (Lipinski definition) is 3. The molecule has 0 aliphatic heterocycles. The van der Waals surface area contributed by atoms with E-state index in [1.165, 1.54) is 6.07 Å². The average molecular weight is 358 g/mol. The first kappa shape index (κ1) is 17.6. The molecule has 0 bridgehead atoms. The summed E-state index contributed by atoms with van der Waals surface area (Å²) in [5.74, 6) is -0.199. The minimum atomic E-state index is -3.59. The summed E-state index contributed by atoms with van der Waals surface area (Å²) in [7, 11) is -3.59. The molecule has 0 atom stereocenters. The molecule has 1 N–H and O–H groups in total. The van der Waals surface area contributed by atoms with E-state index in [1.807, 2.05) is 44.2 Å². The Labute approximate surface area is 148 Å². The van der Waals surface area contributed by atoms with E-state index < -0.39 is 10.0 Å². The van der Waals surface area contributed by atoms with Gasteiger partial charge in [-0.1, -0.05) is 24.3 Å². The van der Waals surface area contributed by atoms with E-state index in [0.29, 0.717) is 12.1 Å².